The zero-order chi connectivity index (χ0) is 12.5. The van der Waals surface area contributed by atoms with Crippen LogP contribution < -0.4 is 0 Å². The summed E-state index contributed by atoms with van der Waals surface area (Å²) in [6.07, 6.45) is 0.667. The van der Waals surface area contributed by atoms with Gasteiger partial charge in [-0.1, -0.05) is 23.8 Å². The largest absolute Gasteiger partial charge is 0.385 e. The van der Waals surface area contributed by atoms with Crippen molar-refractivity contribution in [2.24, 2.45) is 0 Å². The average molecular weight is 246 g/mol. The number of rotatable bonds is 3. The van der Waals surface area contributed by atoms with E-state index < -0.39 is 5.60 Å². The van der Waals surface area contributed by atoms with Crippen LogP contribution in [0.2, 0.25) is 0 Å². The number of hydrogen-bond donors (Lipinski definition) is 1. The van der Waals surface area contributed by atoms with Crippen molar-refractivity contribution in [3.63, 3.8) is 0 Å². The van der Waals surface area contributed by atoms with E-state index in [4.69, 9.17) is 0 Å². The molecule has 0 saturated carbocycles. The Bertz CT molecular complexity index is 498. The molecule has 1 N–H and O–H groups in total. The van der Waals surface area contributed by atoms with Crippen LogP contribution in [0.15, 0.2) is 35.0 Å². The van der Waals surface area contributed by atoms with Gasteiger partial charge in [0, 0.05) is 6.42 Å². The van der Waals surface area contributed by atoms with E-state index in [0.29, 0.717) is 6.42 Å². The van der Waals surface area contributed by atoms with Gasteiger partial charge in [-0.3, -0.25) is 0 Å². The Balaban J connectivity index is 2.33. The smallest absolute Gasteiger partial charge is 0.0911 e. The highest BCUT2D eigenvalue weighted by Crippen LogP contribution is 2.29. The number of aliphatic hydroxyl groups is 1. The summed E-state index contributed by atoms with van der Waals surface area (Å²) in [5.74, 6) is 0. The summed E-state index contributed by atoms with van der Waals surface area (Å²) < 4.78 is 0. The monoisotopic (exact) mass is 246 g/mol. The minimum absolute atomic E-state index is 0.667. The Kier molecular flexibility index (Phi) is 3.36. The minimum Gasteiger partial charge on any atom is -0.385 e. The topological polar surface area (TPSA) is 20.2 Å². The lowest BCUT2D eigenvalue weighted by atomic mass is 9.86. The quantitative estimate of drug-likeness (QED) is 0.873. The summed E-state index contributed by atoms with van der Waals surface area (Å²) in [4.78, 5) is 0. The van der Waals surface area contributed by atoms with E-state index in [-0.39, 0.29) is 0 Å². The molecule has 90 valence electrons. The van der Waals surface area contributed by atoms with Crippen molar-refractivity contribution >= 4 is 11.3 Å². The first-order valence-corrected chi connectivity index (χ1v) is 6.74. The van der Waals surface area contributed by atoms with Crippen LogP contribution in [0.1, 0.15) is 29.2 Å². The van der Waals surface area contributed by atoms with Crippen molar-refractivity contribution in [3.05, 3.63) is 57.3 Å². The van der Waals surface area contributed by atoms with Crippen LogP contribution >= 0.6 is 11.3 Å². The molecular formula is C15H18OS. The maximum absolute atomic E-state index is 10.7. The Morgan fingerprint density at radius 3 is 2.65 bits per heavy atom. The molecule has 0 spiro atoms. The van der Waals surface area contributed by atoms with Gasteiger partial charge in [-0.25, -0.2) is 0 Å². The molecule has 0 radical (unpaired) electrons. The van der Waals surface area contributed by atoms with E-state index in [2.05, 4.69) is 48.9 Å². The molecule has 0 fully saturated rings. The molecule has 1 unspecified atom stereocenters. The van der Waals surface area contributed by atoms with Crippen molar-refractivity contribution in [1.29, 1.82) is 0 Å². The van der Waals surface area contributed by atoms with Crippen LogP contribution in [0.3, 0.4) is 0 Å². The second kappa shape index (κ2) is 4.63. The summed E-state index contributed by atoms with van der Waals surface area (Å²) in [6.45, 7) is 6.01. The Morgan fingerprint density at radius 2 is 2.00 bits per heavy atom. The molecule has 0 bridgehead atoms. The fourth-order valence-electron chi connectivity index (χ4n) is 2.20. The summed E-state index contributed by atoms with van der Waals surface area (Å²) in [5, 5.41) is 14.8. The first-order valence-electron chi connectivity index (χ1n) is 5.80. The maximum Gasteiger partial charge on any atom is 0.0911 e. The third-order valence-corrected chi connectivity index (χ3v) is 3.83. The van der Waals surface area contributed by atoms with Gasteiger partial charge in [0.2, 0.25) is 0 Å². The van der Waals surface area contributed by atoms with Gasteiger partial charge in [0.1, 0.15) is 0 Å². The molecule has 1 aromatic heterocycles. The zero-order valence-corrected chi connectivity index (χ0v) is 11.3. The van der Waals surface area contributed by atoms with Gasteiger partial charge >= 0.3 is 0 Å². The lowest BCUT2D eigenvalue weighted by Crippen LogP contribution is -2.25. The second-order valence-electron chi connectivity index (χ2n) is 4.90. The number of benzene rings is 1. The predicted octanol–water partition coefficient (Wildman–Crippen LogP) is 3.82. The van der Waals surface area contributed by atoms with Crippen molar-refractivity contribution in [1.82, 2.24) is 0 Å². The molecule has 0 saturated heterocycles. The van der Waals surface area contributed by atoms with Gasteiger partial charge < -0.3 is 5.11 Å². The molecule has 0 aliphatic heterocycles. The summed E-state index contributed by atoms with van der Waals surface area (Å²) >= 11 is 1.67. The summed E-state index contributed by atoms with van der Waals surface area (Å²) in [5.41, 5.74) is 3.77. The molecular weight excluding hydrogens is 228 g/mol. The van der Waals surface area contributed by atoms with Crippen LogP contribution in [0.25, 0.3) is 0 Å². The molecule has 2 rings (SSSR count). The van der Waals surface area contributed by atoms with E-state index in [9.17, 15) is 5.11 Å². The fraction of sp³-hybridized carbons (Fsp3) is 0.333. The Labute approximate surface area is 107 Å². The maximum atomic E-state index is 10.7. The highest BCUT2D eigenvalue weighted by molar-refractivity contribution is 7.07. The summed E-state index contributed by atoms with van der Waals surface area (Å²) in [7, 11) is 0. The fourth-order valence-corrected chi connectivity index (χ4v) is 2.87. The van der Waals surface area contributed by atoms with Crippen LogP contribution in [0.5, 0.6) is 0 Å². The van der Waals surface area contributed by atoms with Crippen molar-refractivity contribution in [2.75, 3.05) is 0 Å². The second-order valence-corrected chi connectivity index (χ2v) is 5.68. The van der Waals surface area contributed by atoms with Crippen LogP contribution in [-0.4, -0.2) is 5.11 Å². The standard InChI is InChI=1S/C15H18OS/c1-11-4-5-12(2)14(8-11)15(3,16)9-13-6-7-17-10-13/h4-8,10,16H,9H2,1-3H3. The van der Waals surface area contributed by atoms with Crippen molar-refractivity contribution in [3.8, 4) is 0 Å². The normalized spacial score (nSPS) is 14.6. The van der Waals surface area contributed by atoms with Gasteiger partial charge in [-0.15, -0.1) is 0 Å². The Hall–Kier alpha value is -1.12. The SMILES string of the molecule is Cc1ccc(C)c(C(C)(O)Cc2ccsc2)c1. The minimum atomic E-state index is -0.794. The van der Waals surface area contributed by atoms with E-state index in [1.54, 1.807) is 11.3 Å². The first-order chi connectivity index (χ1) is 7.99. The molecule has 1 heterocycles. The number of hydrogen-bond acceptors (Lipinski definition) is 2. The molecule has 1 aromatic carbocycles. The third-order valence-electron chi connectivity index (χ3n) is 3.10. The first kappa shape index (κ1) is 12.3. The van der Waals surface area contributed by atoms with Crippen molar-refractivity contribution in [2.45, 2.75) is 32.8 Å². The predicted molar refractivity (Wildman–Crippen MR) is 73.5 cm³/mol. The van der Waals surface area contributed by atoms with E-state index in [0.717, 1.165) is 11.1 Å². The molecule has 17 heavy (non-hydrogen) atoms. The molecule has 0 amide bonds. The van der Waals surface area contributed by atoms with Gasteiger partial charge in [-0.05, 0) is 54.3 Å². The van der Waals surface area contributed by atoms with Gasteiger partial charge in [0.25, 0.3) is 0 Å². The van der Waals surface area contributed by atoms with E-state index >= 15 is 0 Å². The van der Waals surface area contributed by atoms with Gasteiger partial charge in [0.05, 0.1) is 5.60 Å². The van der Waals surface area contributed by atoms with Gasteiger partial charge in [-0.2, -0.15) is 11.3 Å². The molecule has 2 heteroatoms. The van der Waals surface area contributed by atoms with Crippen molar-refractivity contribution < 1.29 is 5.11 Å². The van der Waals surface area contributed by atoms with Crippen LogP contribution in [0, 0.1) is 13.8 Å². The highest BCUT2D eigenvalue weighted by atomic mass is 32.1. The van der Waals surface area contributed by atoms with E-state index in [1.807, 2.05) is 6.92 Å². The molecule has 0 aliphatic rings. The zero-order valence-electron chi connectivity index (χ0n) is 10.5. The number of thiophene rings is 1. The van der Waals surface area contributed by atoms with Crippen LogP contribution in [-0.2, 0) is 12.0 Å². The van der Waals surface area contributed by atoms with Crippen LogP contribution in [0.4, 0.5) is 0 Å². The molecule has 1 atom stereocenters. The average Bonchev–Trinajstić information content (AvgIpc) is 2.73. The molecule has 2 aromatic rings. The molecule has 0 aliphatic carbocycles. The lowest BCUT2D eigenvalue weighted by molar-refractivity contribution is 0.0570. The highest BCUT2D eigenvalue weighted by Gasteiger charge is 2.25. The molecule has 1 nitrogen and oxygen atoms in total. The lowest BCUT2D eigenvalue weighted by Gasteiger charge is -2.26. The Morgan fingerprint density at radius 1 is 1.24 bits per heavy atom. The number of aryl methyl sites for hydroxylation is 2. The van der Waals surface area contributed by atoms with E-state index in [1.165, 1.54) is 11.1 Å². The van der Waals surface area contributed by atoms with Gasteiger partial charge in [0.15, 0.2) is 0 Å². The third kappa shape index (κ3) is 2.76. The summed E-state index contributed by atoms with van der Waals surface area (Å²) in [6, 6.07) is 8.32.